The van der Waals surface area contributed by atoms with Gasteiger partial charge in [-0.3, -0.25) is 4.90 Å². The molecule has 2 aliphatic heterocycles. The molecule has 2 aromatic carbocycles. The smallest absolute Gasteiger partial charge is 0.123 e. The van der Waals surface area contributed by atoms with Gasteiger partial charge in [0.25, 0.3) is 0 Å². The van der Waals surface area contributed by atoms with E-state index in [-0.39, 0.29) is 16.8 Å². The van der Waals surface area contributed by atoms with Crippen LogP contribution in [-0.2, 0) is 22.4 Å². The molecule has 3 heteroatoms. The maximum atomic E-state index is 13.4. The van der Waals surface area contributed by atoms with Gasteiger partial charge in [-0.15, -0.1) is 0 Å². The lowest BCUT2D eigenvalue weighted by Gasteiger charge is -2.44. The third-order valence-corrected chi connectivity index (χ3v) is 6.96. The van der Waals surface area contributed by atoms with Crippen LogP contribution in [0.5, 0.6) is 0 Å². The fourth-order valence-corrected chi connectivity index (χ4v) is 5.23. The summed E-state index contributed by atoms with van der Waals surface area (Å²) in [4.78, 5) is 2.62. The number of hydrogen-bond acceptors (Lipinski definition) is 2. The largest absolute Gasteiger partial charge is 0.365 e. The van der Waals surface area contributed by atoms with Gasteiger partial charge in [-0.2, -0.15) is 0 Å². The number of rotatable bonds is 5. The lowest BCUT2D eigenvalue weighted by molar-refractivity contribution is -0.0830. The van der Waals surface area contributed by atoms with E-state index in [1.807, 2.05) is 12.1 Å². The van der Waals surface area contributed by atoms with Gasteiger partial charge >= 0.3 is 0 Å². The summed E-state index contributed by atoms with van der Waals surface area (Å²) in [5, 5.41) is 0. The SMILES string of the molecule is CC(C)=CC(CC(C)(C)c1ccc(F)cc1)N1CCC2(CC1)OCc1ccccc12. The van der Waals surface area contributed by atoms with Gasteiger partial charge in [0.05, 0.1) is 12.2 Å². The molecule has 2 nitrogen and oxygen atoms in total. The van der Waals surface area contributed by atoms with Crippen molar-refractivity contribution < 1.29 is 9.13 Å². The molecule has 160 valence electrons. The Morgan fingerprint density at radius 2 is 1.77 bits per heavy atom. The van der Waals surface area contributed by atoms with Crippen LogP contribution in [0.15, 0.2) is 60.2 Å². The van der Waals surface area contributed by atoms with Gasteiger partial charge < -0.3 is 4.74 Å². The lowest BCUT2D eigenvalue weighted by atomic mass is 9.77. The minimum absolute atomic E-state index is 0.0318. The van der Waals surface area contributed by atoms with Gasteiger partial charge in [0.15, 0.2) is 0 Å². The Bertz CT molecular complexity index is 903. The Balaban J connectivity index is 1.50. The second kappa shape index (κ2) is 8.28. The Morgan fingerprint density at radius 3 is 2.43 bits per heavy atom. The van der Waals surface area contributed by atoms with E-state index in [9.17, 15) is 4.39 Å². The molecule has 1 unspecified atom stereocenters. The maximum Gasteiger partial charge on any atom is 0.123 e. The number of fused-ring (bicyclic) bond motifs is 2. The molecule has 0 N–H and O–H groups in total. The zero-order valence-electron chi connectivity index (χ0n) is 18.7. The van der Waals surface area contributed by atoms with E-state index >= 15 is 0 Å². The summed E-state index contributed by atoms with van der Waals surface area (Å²) in [5.74, 6) is -0.173. The highest BCUT2D eigenvalue weighted by Gasteiger charge is 2.43. The van der Waals surface area contributed by atoms with Crippen LogP contribution >= 0.6 is 0 Å². The zero-order valence-corrected chi connectivity index (χ0v) is 18.7. The van der Waals surface area contributed by atoms with Crippen molar-refractivity contribution >= 4 is 0 Å². The standard InChI is InChI=1S/C27H34FNO/c1-20(2)17-24(18-26(3,4)22-9-11-23(28)12-10-22)29-15-13-27(14-16-29)25-8-6-5-7-21(25)19-30-27/h5-12,17,24H,13-16,18-19H2,1-4H3. The number of benzene rings is 2. The molecule has 1 atom stereocenters. The molecule has 1 saturated heterocycles. The monoisotopic (exact) mass is 407 g/mol. The minimum Gasteiger partial charge on any atom is -0.365 e. The van der Waals surface area contributed by atoms with E-state index < -0.39 is 0 Å². The molecule has 1 spiro atoms. The van der Waals surface area contributed by atoms with E-state index in [0.717, 1.165) is 39.0 Å². The van der Waals surface area contributed by atoms with Crippen molar-refractivity contribution in [2.75, 3.05) is 13.1 Å². The first-order chi connectivity index (χ1) is 14.3. The normalized spacial score (nSPS) is 19.5. The summed E-state index contributed by atoms with van der Waals surface area (Å²) in [6.45, 7) is 11.7. The van der Waals surface area contributed by atoms with Gasteiger partial charge in [0, 0.05) is 19.1 Å². The van der Waals surface area contributed by atoms with Crippen molar-refractivity contribution in [3.8, 4) is 0 Å². The summed E-state index contributed by atoms with van der Waals surface area (Å²) in [5.41, 5.74) is 5.15. The molecule has 0 aliphatic carbocycles. The molecular weight excluding hydrogens is 373 g/mol. The van der Waals surface area contributed by atoms with Crippen LogP contribution in [0.3, 0.4) is 0 Å². The van der Waals surface area contributed by atoms with Gasteiger partial charge in [0.2, 0.25) is 0 Å². The number of halogens is 1. The van der Waals surface area contributed by atoms with Gasteiger partial charge in [-0.05, 0) is 67.3 Å². The molecule has 2 aromatic rings. The lowest BCUT2D eigenvalue weighted by Crippen LogP contribution is -2.48. The van der Waals surface area contributed by atoms with Crippen molar-refractivity contribution in [3.05, 3.63) is 82.7 Å². The second-order valence-electron chi connectivity index (χ2n) is 9.88. The molecule has 2 aliphatic rings. The summed E-state index contributed by atoms with van der Waals surface area (Å²) in [7, 11) is 0. The van der Waals surface area contributed by atoms with Crippen molar-refractivity contribution in [1.29, 1.82) is 0 Å². The molecule has 0 amide bonds. The van der Waals surface area contributed by atoms with Crippen LogP contribution in [0.4, 0.5) is 4.39 Å². The Labute approximate surface area is 180 Å². The quantitative estimate of drug-likeness (QED) is 0.536. The molecular formula is C27H34FNO. The average molecular weight is 408 g/mol. The van der Waals surface area contributed by atoms with Crippen molar-refractivity contribution in [2.45, 2.75) is 70.6 Å². The molecule has 30 heavy (non-hydrogen) atoms. The number of likely N-dealkylation sites (tertiary alicyclic amines) is 1. The highest BCUT2D eigenvalue weighted by molar-refractivity contribution is 5.36. The number of hydrogen-bond donors (Lipinski definition) is 0. The van der Waals surface area contributed by atoms with Crippen LogP contribution in [-0.4, -0.2) is 24.0 Å². The second-order valence-corrected chi connectivity index (χ2v) is 9.88. The van der Waals surface area contributed by atoms with E-state index in [1.54, 1.807) is 12.1 Å². The fourth-order valence-electron chi connectivity index (χ4n) is 5.23. The highest BCUT2D eigenvalue weighted by atomic mass is 19.1. The number of nitrogens with zero attached hydrogens (tertiary/aromatic N) is 1. The fraction of sp³-hybridized carbons (Fsp3) is 0.481. The van der Waals surface area contributed by atoms with Crippen LogP contribution in [0.1, 0.15) is 63.6 Å². The van der Waals surface area contributed by atoms with Crippen LogP contribution < -0.4 is 0 Å². The van der Waals surface area contributed by atoms with Crippen molar-refractivity contribution in [3.63, 3.8) is 0 Å². The first-order valence-electron chi connectivity index (χ1n) is 11.2. The molecule has 0 aromatic heterocycles. The molecule has 2 heterocycles. The zero-order chi connectivity index (χ0) is 21.4. The van der Waals surface area contributed by atoms with Crippen LogP contribution in [0, 0.1) is 5.82 Å². The Morgan fingerprint density at radius 1 is 1.10 bits per heavy atom. The topological polar surface area (TPSA) is 12.5 Å². The minimum atomic E-state index is -0.173. The molecule has 0 bridgehead atoms. The third kappa shape index (κ3) is 4.24. The van der Waals surface area contributed by atoms with Gasteiger partial charge in [-0.1, -0.05) is 61.9 Å². The number of allylic oxidation sites excluding steroid dienone is 1. The Hall–Kier alpha value is -1.97. The number of piperidine rings is 1. The number of ether oxygens (including phenoxy) is 1. The average Bonchev–Trinajstić information content (AvgIpc) is 3.06. The van der Waals surface area contributed by atoms with E-state index in [0.29, 0.717) is 6.04 Å². The van der Waals surface area contributed by atoms with Crippen molar-refractivity contribution in [2.24, 2.45) is 0 Å². The Kier molecular flexibility index (Phi) is 5.87. The van der Waals surface area contributed by atoms with E-state index in [2.05, 4.69) is 62.9 Å². The predicted octanol–water partition coefficient (Wildman–Crippen LogP) is 6.35. The molecule has 1 fully saturated rings. The maximum absolute atomic E-state index is 13.4. The molecule has 4 rings (SSSR count). The first kappa shape index (κ1) is 21.3. The molecule has 0 saturated carbocycles. The summed E-state index contributed by atoms with van der Waals surface area (Å²) in [6.07, 6.45) is 5.49. The first-order valence-corrected chi connectivity index (χ1v) is 11.2. The van der Waals surface area contributed by atoms with Crippen molar-refractivity contribution in [1.82, 2.24) is 4.90 Å². The summed E-state index contributed by atoms with van der Waals surface area (Å²) in [6, 6.07) is 16.1. The van der Waals surface area contributed by atoms with E-state index in [4.69, 9.17) is 4.74 Å². The predicted molar refractivity (Wildman–Crippen MR) is 121 cm³/mol. The van der Waals surface area contributed by atoms with Crippen LogP contribution in [0.25, 0.3) is 0 Å². The third-order valence-electron chi connectivity index (χ3n) is 6.96. The van der Waals surface area contributed by atoms with Gasteiger partial charge in [0.1, 0.15) is 5.82 Å². The van der Waals surface area contributed by atoms with Crippen LogP contribution in [0.2, 0.25) is 0 Å². The summed E-state index contributed by atoms with van der Waals surface area (Å²) >= 11 is 0. The van der Waals surface area contributed by atoms with E-state index in [1.165, 1.54) is 22.3 Å². The molecule has 0 radical (unpaired) electrons. The highest BCUT2D eigenvalue weighted by Crippen LogP contribution is 2.45. The van der Waals surface area contributed by atoms with Gasteiger partial charge in [-0.25, -0.2) is 4.39 Å². The summed E-state index contributed by atoms with van der Waals surface area (Å²) < 4.78 is 19.8.